The molecule has 0 aromatic heterocycles. The van der Waals surface area contributed by atoms with Gasteiger partial charge in [0.15, 0.2) is 6.61 Å². The molecular weight excluding hydrogens is 406 g/mol. The van der Waals surface area contributed by atoms with Gasteiger partial charge in [-0.05, 0) is 43.3 Å². The zero-order chi connectivity index (χ0) is 22.2. The van der Waals surface area contributed by atoms with E-state index in [9.17, 15) is 19.7 Å². The smallest absolute Gasteiger partial charge is 0.296 e. The molecule has 0 spiro atoms. The second kappa shape index (κ2) is 10.4. The molecule has 0 atom stereocenters. The molecule has 3 rings (SSSR count). The van der Waals surface area contributed by atoms with Gasteiger partial charge in [0.25, 0.3) is 17.5 Å². The number of amides is 2. The summed E-state index contributed by atoms with van der Waals surface area (Å²) in [7, 11) is 0. The average Bonchev–Trinajstić information content (AvgIpc) is 2.79. The summed E-state index contributed by atoms with van der Waals surface area (Å²) < 4.78 is 15.9. The molecule has 2 aromatic carbocycles. The van der Waals surface area contributed by atoms with E-state index in [-0.39, 0.29) is 23.9 Å². The Kier molecular flexibility index (Phi) is 7.39. The van der Waals surface area contributed by atoms with Gasteiger partial charge < -0.3 is 24.4 Å². The number of nitro groups is 1. The predicted octanol–water partition coefficient (Wildman–Crippen LogP) is 2.48. The lowest BCUT2D eigenvalue weighted by Crippen LogP contribution is -2.40. The van der Waals surface area contributed by atoms with Gasteiger partial charge in [-0.25, -0.2) is 0 Å². The number of nitrogens with one attached hydrogen (secondary N) is 1. The summed E-state index contributed by atoms with van der Waals surface area (Å²) in [6.07, 6.45) is 0. The summed E-state index contributed by atoms with van der Waals surface area (Å²) in [5, 5.41) is 13.7. The third kappa shape index (κ3) is 5.92. The molecular formula is C21H23N3O7. The summed E-state index contributed by atoms with van der Waals surface area (Å²) in [5.74, 6) is 0.0983. The van der Waals surface area contributed by atoms with Crippen LogP contribution in [0.15, 0.2) is 42.5 Å². The maximum absolute atomic E-state index is 12.4. The zero-order valence-electron chi connectivity index (χ0n) is 17.0. The van der Waals surface area contributed by atoms with E-state index in [1.54, 1.807) is 36.1 Å². The normalized spacial score (nSPS) is 13.4. The van der Waals surface area contributed by atoms with Crippen molar-refractivity contribution < 1.29 is 28.7 Å². The maximum atomic E-state index is 12.4. The molecule has 164 valence electrons. The van der Waals surface area contributed by atoms with Gasteiger partial charge in [-0.1, -0.05) is 0 Å². The molecule has 2 aromatic rings. The molecule has 0 aliphatic carbocycles. The number of ether oxygens (including phenoxy) is 3. The number of nitrogens with zero attached hydrogens (tertiary/aromatic N) is 2. The Labute approximate surface area is 178 Å². The van der Waals surface area contributed by atoms with Crippen molar-refractivity contribution in [2.75, 3.05) is 44.8 Å². The van der Waals surface area contributed by atoms with Crippen LogP contribution in [0.5, 0.6) is 11.5 Å². The van der Waals surface area contributed by atoms with Crippen molar-refractivity contribution in [3.05, 3.63) is 58.1 Å². The minimum atomic E-state index is -0.594. The van der Waals surface area contributed by atoms with Crippen LogP contribution >= 0.6 is 0 Å². The third-order valence-corrected chi connectivity index (χ3v) is 4.52. The first-order chi connectivity index (χ1) is 15.0. The zero-order valence-corrected chi connectivity index (χ0v) is 17.0. The van der Waals surface area contributed by atoms with Gasteiger partial charge in [-0.3, -0.25) is 19.7 Å². The molecule has 2 amide bonds. The molecule has 0 radical (unpaired) electrons. The molecule has 0 saturated carbocycles. The van der Waals surface area contributed by atoms with Crippen molar-refractivity contribution in [2.24, 2.45) is 0 Å². The number of carbonyl (C=O) groups excluding carboxylic acids is 2. The minimum absolute atomic E-state index is 0.0495. The highest BCUT2D eigenvalue weighted by Gasteiger charge is 2.19. The minimum Gasteiger partial charge on any atom is -0.494 e. The molecule has 31 heavy (non-hydrogen) atoms. The van der Waals surface area contributed by atoms with Crippen molar-refractivity contribution >= 4 is 23.2 Å². The lowest BCUT2D eigenvalue weighted by molar-refractivity contribution is -0.384. The molecule has 1 aliphatic heterocycles. The monoisotopic (exact) mass is 429 g/mol. The molecule has 0 bridgehead atoms. The number of morpholine rings is 1. The number of anilines is 1. The van der Waals surface area contributed by atoms with E-state index in [2.05, 4.69) is 5.32 Å². The quantitative estimate of drug-likeness (QED) is 0.505. The predicted molar refractivity (Wildman–Crippen MR) is 112 cm³/mol. The van der Waals surface area contributed by atoms with E-state index < -0.39 is 10.8 Å². The van der Waals surface area contributed by atoms with Crippen LogP contribution in [0.25, 0.3) is 0 Å². The van der Waals surface area contributed by atoms with E-state index >= 15 is 0 Å². The fourth-order valence-electron chi connectivity index (χ4n) is 3.00. The van der Waals surface area contributed by atoms with Crippen molar-refractivity contribution in [1.29, 1.82) is 0 Å². The van der Waals surface area contributed by atoms with Crippen LogP contribution in [0.1, 0.15) is 17.3 Å². The second-order valence-corrected chi connectivity index (χ2v) is 6.63. The summed E-state index contributed by atoms with van der Waals surface area (Å²) in [6.45, 7) is 3.94. The first-order valence-electron chi connectivity index (χ1n) is 9.79. The SMILES string of the molecule is CCOc1ccc(NC(=O)COc2ccc(C(=O)N3CCOCC3)cc2)c([N+](=O)[O-])c1. The Balaban J connectivity index is 1.56. The number of benzene rings is 2. The van der Waals surface area contributed by atoms with Crippen molar-refractivity contribution in [3.8, 4) is 11.5 Å². The third-order valence-electron chi connectivity index (χ3n) is 4.52. The van der Waals surface area contributed by atoms with Gasteiger partial charge in [0.2, 0.25) is 0 Å². The summed E-state index contributed by atoms with van der Waals surface area (Å²) >= 11 is 0. The van der Waals surface area contributed by atoms with Crippen molar-refractivity contribution in [2.45, 2.75) is 6.92 Å². The van der Waals surface area contributed by atoms with Crippen molar-refractivity contribution in [1.82, 2.24) is 4.90 Å². The van der Waals surface area contributed by atoms with Gasteiger partial charge in [0, 0.05) is 18.7 Å². The van der Waals surface area contributed by atoms with Gasteiger partial charge in [0.05, 0.1) is 30.8 Å². The van der Waals surface area contributed by atoms with Crippen LogP contribution in [-0.2, 0) is 9.53 Å². The van der Waals surface area contributed by atoms with Crippen LogP contribution in [-0.4, -0.2) is 61.2 Å². The van der Waals surface area contributed by atoms with E-state index in [4.69, 9.17) is 14.2 Å². The van der Waals surface area contributed by atoms with E-state index in [1.165, 1.54) is 18.2 Å². The summed E-state index contributed by atoms with van der Waals surface area (Å²) in [5.41, 5.74) is 0.294. The van der Waals surface area contributed by atoms with Crippen LogP contribution in [0, 0.1) is 10.1 Å². The van der Waals surface area contributed by atoms with Crippen LogP contribution in [0.2, 0.25) is 0 Å². The fourth-order valence-corrected chi connectivity index (χ4v) is 3.00. The average molecular weight is 429 g/mol. The highest BCUT2D eigenvalue weighted by Crippen LogP contribution is 2.29. The highest BCUT2D eigenvalue weighted by molar-refractivity contribution is 5.95. The Hall–Kier alpha value is -3.66. The van der Waals surface area contributed by atoms with Crippen LogP contribution < -0.4 is 14.8 Å². The topological polar surface area (TPSA) is 120 Å². The lowest BCUT2D eigenvalue weighted by atomic mass is 10.2. The Morgan fingerprint density at radius 3 is 2.42 bits per heavy atom. The molecule has 1 aliphatic rings. The molecule has 1 saturated heterocycles. The van der Waals surface area contributed by atoms with Crippen LogP contribution in [0.4, 0.5) is 11.4 Å². The van der Waals surface area contributed by atoms with Gasteiger partial charge in [-0.2, -0.15) is 0 Å². The number of hydrogen-bond acceptors (Lipinski definition) is 7. The summed E-state index contributed by atoms with van der Waals surface area (Å²) in [6, 6.07) is 10.7. The number of carbonyl (C=O) groups is 2. The maximum Gasteiger partial charge on any atom is 0.296 e. The molecule has 0 unspecified atom stereocenters. The summed E-state index contributed by atoms with van der Waals surface area (Å²) in [4.78, 5) is 37.0. The Morgan fingerprint density at radius 1 is 1.10 bits per heavy atom. The largest absolute Gasteiger partial charge is 0.494 e. The van der Waals surface area contributed by atoms with E-state index in [1.807, 2.05) is 0 Å². The van der Waals surface area contributed by atoms with Gasteiger partial charge in [0.1, 0.15) is 17.2 Å². The standard InChI is InChI=1S/C21H23N3O7/c1-2-30-17-7-8-18(19(13-17)24(27)28)22-20(25)14-31-16-5-3-15(4-6-16)21(26)23-9-11-29-12-10-23/h3-8,13H,2,9-12,14H2,1H3,(H,22,25). The molecule has 1 heterocycles. The van der Waals surface area contributed by atoms with Gasteiger partial charge in [-0.15, -0.1) is 0 Å². The van der Waals surface area contributed by atoms with Gasteiger partial charge >= 0.3 is 0 Å². The number of rotatable bonds is 8. The van der Waals surface area contributed by atoms with Crippen LogP contribution in [0.3, 0.4) is 0 Å². The number of hydrogen-bond donors (Lipinski definition) is 1. The first kappa shape index (κ1) is 22.0. The highest BCUT2D eigenvalue weighted by atomic mass is 16.6. The molecule has 10 heteroatoms. The molecule has 1 fully saturated rings. The fraction of sp³-hybridized carbons (Fsp3) is 0.333. The number of nitro benzene ring substituents is 1. The Bertz CT molecular complexity index is 940. The molecule has 10 nitrogen and oxygen atoms in total. The second-order valence-electron chi connectivity index (χ2n) is 6.63. The Morgan fingerprint density at radius 2 is 1.77 bits per heavy atom. The van der Waals surface area contributed by atoms with E-state index in [0.717, 1.165) is 0 Å². The van der Waals surface area contributed by atoms with E-state index in [0.29, 0.717) is 50.0 Å². The molecule has 1 N–H and O–H groups in total. The first-order valence-corrected chi connectivity index (χ1v) is 9.79. The lowest BCUT2D eigenvalue weighted by Gasteiger charge is -2.26. The van der Waals surface area contributed by atoms with Crippen molar-refractivity contribution in [3.63, 3.8) is 0 Å².